The zero-order chi connectivity index (χ0) is 18.0. The molecule has 1 saturated carbocycles. The zero-order valence-corrected chi connectivity index (χ0v) is 15.1. The maximum atomic E-state index is 12.5. The van der Waals surface area contributed by atoms with Crippen LogP contribution in [-0.2, 0) is 25.8 Å². The number of carbonyl (C=O) groups is 2. The predicted octanol–water partition coefficient (Wildman–Crippen LogP) is 1.58. The van der Waals surface area contributed by atoms with E-state index in [0.717, 1.165) is 24.8 Å². The summed E-state index contributed by atoms with van der Waals surface area (Å²) in [6.07, 6.45) is 3.12. The summed E-state index contributed by atoms with van der Waals surface area (Å²) >= 11 is 0. The minimum atomic E-state index is -3.06. The Morgan fingerprint density at radius 3 is 2.32 bits per heavy atom. The van der Waals surface area contributed by atoms with Crippen molar-refractivity contribution in [2.24, 2.45) is 0 Å². The van der Waals surface area contributed by atoms with Crippen LogP contribution in [0, 0.1) is 0 Å². The Hall–Kier alpha value is -1.89. The molecular formula is C18H23NO5S. The number of hydrogen-bond acceptors (Lipinski definition) is 5. The number of hydrogen-bond donors (Lipinski definition) is 0. The van der Waals surface area contributed by atoms with Gasteiger partial charge in [-0.1, -0.05) is 19.1 Å². The topological polar surface area (TPSA) is 80.8 Å². The van der Waals surface area contributed by atoms with Crippen molar-refractivity contribution < 1.29 is 22.7 Å². The molecule has 0 bridgehead atoms. The monoisotopic (exact) mass is 365 g/mol. The van der Waals surface area contributed by atoms with Gasteiger partial charge in [-0.3, -0.25) is 4.79 Å². The van der Waals surface area contributed by atoms with Crippen LogP contribution < -0.4 is 0 Å². The normalized spacial score (nSPS) is 21.7. The third-order valence-electron chi connectivity index (χ3n) is 4.75. The van der Waals surface area contributed by atoms with Gasteiger partial charge in [-0.05, 0) is 43.4 Å². The summed E-state index contributed by atoms with van der Waals surface area (Å²) in [6, 6.07) is 6.90. The molecule has 0 radical (unpaired) electrons. The SMILES string of the molecule is CCc1ccc(C(=O)OCC(=O)N(C2CC2)[C@@H]2CCS(=O)(=O)C2)cc1. The Kier molecular flexibility index (Phi) is 5.13. The smallest absolute Gasteiger partial charge is 0.338 e. The Morgan fingerprint density at radius 1 is 1.12 bits per heavy atom. The fourth-order valence-electron chi connectivity index (χ4n) is 3.21. The molecule has 25 heavy (non-hydrogen) atoms. The third kappa shape index (κ3) is 4.39. The maximum absolute atomic E-state index is 12.5. The molecule has 1 heterocycles. The van der Waals surface area contributed by atoms with Gasteiger partial charge in [0.05, 0.1) is 17.1 Å². The molecular weight excluding hydrogens is 342 g/mol. The summed E-state index contributed by atoms with van der Waals surface area (Å²) in [5.74, 6) is -0.701. The Labute approximate surface area is 148 Å². The van der Waals surface area contributed by atoms with Gasteiger partial charge in [0, 0.05) is 12.1 Å². The molecule has 0 spiro atoms. The number of amides is 1. The molecule has 3 rings (SSSR count). The lowest BCUT2D eigenvalue weighted by atomic mass is 10.1. The van der Waals surface area contributed by atoms with Crippen molar-refractivity contribution >= 4 is 21.7 Å². The highest BCUT2D eigenvalue weighted by atomic mass is 32.2. The van der Waals surface area contributed by atoms with Crippen LogP contribution in [0.5, 0.6) is 0 Å². The minimum absolute atomic E-state index is 0.0155. The van der Waals surface area contributed by atoms with Crippen LogP contribution in [0.4, 0.5) is 0 Å². The molecule has 1 amide bonds. The first-order valence-corrected chi connectivity index (χ1v) is 10.5. The highest BCUT2D eigenvalue weighted by Gasteiger charge is 2.42. The van der Waals surface area contributed by atoms with Gasteiger partial charge in [0.2, 0.25) is 0 Å². The number of ether oxygens (including phenoxy) is 1. The first kappa shape index (κ1) is 17.9. The summed E-state index contributed by atoms with van der Waals surface area (Å²) in [5, 5.41) is 0. The maximum Gasteiger partial charge on any atom is 0.338 e. The van der Waals surface area contributed by atoms with Crippen LogP contribution in [0.2, 0.25) is 0 Å². The number of aryl methyl sites for hydroxylation is 1. The van der Waals surface area contributed by atoms with Crippen LogP contribution in [0.3, 0.4) is 0 Å². The molecule has 1 saturated heterocycles. The third-order valence-corrected chi connectivity index (χ3v) is 6.51. The average molecular weight is 365 g/mol. The number of benzene rings is 1. The van der Waals surface area contributed by atoms with Crippen LogP contribution in [0.15, 0.2) is 24.3 Å². The number of nitrogens with zero attached hydrogens (tertiary/aromatic N) is 1. The second kappa shape index (κ2) is 7.15. The number of carbonyl (C=O) groups excluding carboxylic acids is 2. The van der Waals surface area contributed by atoms with E-state index in [9.17, 15) is 18.0 Å². The summed E-state index contributed by atoms with van der Waals surface area (Å²) in [7, 11) is -3.06. The molecule has 1 aromatic carbocycles. The van der Waals surface area contributed by atoms with Crippen LogP contribution >= 0.6 is 0 Å². The molecule has 1 atom stereocenters. The Balaban J connectivity index is 1.59. The largest absolute Gasteiger partial charge is 0.452 e. The van der Waals surface area contributed by atoms with Gasteiger partial charge in [0.15, 0.2) is 16.4 Å². The minimum Gasteiger partial charge on any atom is -0.452 e. The van der Waals surface area contributed by atoms with E-state index < -0.39 is 15.8 Å². The van der Waals surface area contributed by atoms with Gasteiger partial charge in [-0.15, -0.1) is 0 Å². The fraction of sp³-hybridized carbons (Fsp3) is 0.556. The van der Waals surface area contributed by atoms with Gasteiger partial charge in [0.25, 0.3) is 5.91 Å². The van der Waals surface area contributed by atoms with Crippen molar-refractivity contribution in [1.29, 1.82) is 0 Å². The second-order valence-electron chi connectivity index (χ2n) is 6.72. The molecule has 136 valence electrons. The van der Waals surface area contributed by atoms with Crippen molar-refractivity contribution in [1.82, 2.24) is 4.90 Å². The number of esters is 1. The lowest BCUT2D eigenvalue weighted by Gasteiger charge is -2.28. The van der Waals surface area contributed by atoms with E-state index in [0.29, 0.717) is 12.0 Å². The standard InChI is InChI=1S/C18H23NO5S/c1-2-13-3-5-14(6-4-13)18(21)24-11-17(20)19(15-7-8-15)16-9-10-25(22,23)12-16/h3-6,15-16H,2,7-12H2,1H3/t16-/m1/s1. The van der Waals surface area contributed by atoms with Crippen molar-refractivity contribution in [3.8, 4) is 0 Å². The quantitative estimate of drug-likeness (QED) is 0.715. The van der Waals surface area contributed by atoms with Crippen molar-refractivity contribution in [2.45, 2.75) is 44.7 Å². The zero-order valence-electron chi connectivity index (χ0n) is 14.3. The molecule has 1 aliphatic carbocycles. The average Bonchev–Trinajstić information content (AvgIpc) is 3.36. The molecule has 0 unspecified atom stereocenters. The van der Waals surface area contributed by atoms with Crippen molar-refractivity contribution in [2.75, 3.05) is 18.1 Å². The Bertz CT molecular complexity index is 752. The summed E-state index contributed by atoms with van der Waals surface area (Å²) in [6.45, 7) is 1.68. The highest BCUT2D eigenvalue weighted by molar-refractivity contribution is 7.91. The van der Waals surface area contributed by atoms with Gasteiger partial charge in [-0.2, -0.15) is 0 Å². The molecule has 2 aliphatic rings. The summed E-state index contributed by atoms with van der Waals surface area (Å²) < 4.78 is 28.5. The van der Waals surface area contributed by atoms with E-state index in [-0.39, 0.29) is 36.1 Å². The molecule has 1 aliphatic heterocycles. The molecule has 6 nitrogen and oxygen atoms in total. The summed E-state index contributed by atoms with van der Waals surface area (Å²) in [5.41, 5.74) is 1.53. The molecule has 0 N–H and O–H groups in total. The first-order valence-electron chi connectivity index (χ1n) is 8.67. The number of rotatable bonds is 6. The van der Waals surface area contributed by atoms with Gasteiger partial charge < -0.3 is 9.64 Å². The van der Waals surface area contributed by atoms with Crippen LogP contribution in [0.1, 0.15) is 42.1 Å². The molecule has 2 fully saturated rings. The molecule has 0 aromatic heterocycles. The van der Waals surface area contributed by atoms with Crippen LogP contribution in [0.25, 0.3) is 0 Å². The lowest BCUT2D eigenvalue weighted by molar-refractivity contribution is -0.137. The van der Waals surface area contributed by atoms with E-state index >= 15 is 0 Å². The highest BCUT2D eigenvalue weighted by Crippen LogP contribution is 2.32. The van der Waals surface area contributed by atoms with Gasteiger partial charge in [0.1, 0.15) is 0 Å². The van der Waals surface area contributed by atoms with Crippen LogP contribution in [-0.4, -0.2) is 55.4 Å². The van der Waals surface area contributed by atoms with E-state index in [1.807, 2.05) is 19.1 Å². The molecule has 7 heteroatoms. The van der Waals surface area contributed by atoms with E-state index in [4.69, 9.17) is 4.74 Å². The van der Waals surface area contributed by atoms with E-state index in [2.05, 4.69) is 0 Å². The molecule has 1 aromatic rings. The lowest BCUT2D eigenvalue weighted by Crippen LogP contribution is -2.44. The Morgan fingerprint density at radius 2 is 1.80 bits per heavy atom. The van der Waals surface area contributed by atoms with Gasteiger partial charge in [-0.25, -0.2) is 13.2 Å². The van der Waals surface area contributed by atoms with E-state index in [1.165, 1.54) is 0 Å². The summed E-state index contributed by atoms with van der Waals surface area (Å²) in [4.78, 5) is 26.2. The van der Waals surface area contributed by atoms with Crippen molar-refractivity contribution in [3.63, 3.8) is 0 Å². The predicted molar refractivity (Wildman–Crippen MR) is 93.0 cm³/mol. The van der Waals surface area contributed by atoms with E-state index in [1.54, 1.807) is 17.0 Å². The van der Waals surface area contributed by atoms with Crippen molar-refractivity contribution in [3.05, 3.63) is 35.4 Å². The first-order chi connectivity index (χ1) is 11.9. The second-order valence-corrected chi connectivity index (χ2v) is 8.94. The van der Waals surface area contributed by atoms with Gasteiger partial charge >= 0.3 is 5.97 Å². The fourth-order valence-corrected chi connectivity index (χ4v) is 4.93. The number of sulfone groups is 1.